The number of nitrogens with one attached hydrogen (secondary N) is 1. The van der Waals surface area contributed by atoms with Gasteiger partial charge in [0, 0.05) is 24.5 Å². The van der Waals surface area contributed by atoms with Crippen LogP contribution in [0.2, 0.25) is 10.0 Å². The van der Waals surface area contributed by atoms with Gasteiger partial charge in [0.25, 0.3) is 0 Å². The summed E-state index contributed by atoms with van der Waals surface area (Å²) in [5.74, 6) is -0.505. The molecule has 0 radical (unpaired) electrons. The van der Waals surface area contributed by atoms with Gasteiger partial charge in [-0.25, -0.2) is 0 Å². The lowest BCUT2D eigenvalue weighted by atomic mass is 10.1. The first-order chi connectivity index (χ1) is 14.4. The van der Waals surface area contributed by atoms with Gasteiger partial charge in [-0.2, -0.15) is 0 Å². The van der Waals surface area contributed by atoms with Gasteiger partial charge in [-0.1, -0.05) is 30.1 Å². The Morgan fingerprint density at radius 2 is 2.10 bits per heavy atom. The SMILES string of the molecule is CCCN(CC(=O)Nc1cc(Cl)ccc1Cl)C(=O)C1CC(=O)N(Cc2ccco2)C1. The Kier molecular flexibility index (Phi) is 7.39. The zero-order chi connectivity index (χ0) is 21.7. The molecule has 30 heavy (non-hydrogen) atoms. The quantitative estimate of drug-likeness (QED) is 0.661. The van der Waals surface area contributed by atoms with Crippen LogP contribution in [0.3, 0.4) is 0 Å². The van der Waals surface area contributed by atoms with Crippen molar-refractivity contribution in [1.29, 1.82) is 0 Å². The molecule has 1 aromatic heterocycles. The minimum absolute atomic E-state index is 0.101. The van der Waals surface area contributed by atoms with Gasteiger partial charge in [0.05, 0.1) is 36.0 Å². The maximum atomic E-state index is 13.0. The highest BCUT2D eigenvalue weighted by Crippen LogP contribution is 2.26. The van der Waals surface area contributed by atoms with Crippen LogP contribution >= 0.6 is 23.2 Å². The van der Waals surface area contributed by atoms with E-state index in [1.807, 2.05) is 6.92 Å². The highest BCUT2D eigenvalue weighted by molar-refractivity contribution is 6.35. The summed E-state index contributed by atoms with van der Waals surface area (Å²) in [7, 11) is 0. The van der Waals surface area contributed by atoms with Crippen molar-refractivity contribution in [2.45, 2.75) is 26.3 Å². The van der Waals surface area contributed by atoms with Gasteiger partial charge < -0.3 is 19.5 Å². The molecule has 0 bridgehead atoms. The molecule has 1 saturated heterocycles. The number of hydrogen-bond donors (Lipinski definition) is 1. The number of nitrogens with zero attached hydrogens (tertiary/aromatic N) is 2. The first-order valence-corrected chi connectivity index (χ1v) is 10.5. The lowest BCUT2D eigenvalue weighted by Gasteiger charge is -2.25. The van der Waals surface area contributed by atoms with Crippen LogP contribution in [0.4, 0.5) is 5.69 Å². The minimum atomic E-state index is -0.485. The van der Waals surface area contributed by atoms with Crippen molar-refractivity contribution in [2.24, 2.45) is 5.92 Å². The molecule has 1 aliphatic rings. The van der Waals surface area contributed by atoms with Gasteiger partial charge in [-0.3, -0.25) is 14.4 Å². The summed E-state index contributed by atoms with van der Waals surface area (Å²) in [6, 6.07) is 8.31. The first kappa shape index (κ1) is 22.2. The molecule has 0 aliphatic carbocycles. The largest absolute Gasteiger partial charge is 0.467 e. The molecule has 3 rings (SSSR count). The molecule has 1 N–H and O–H groups in total. The third-order valence-corrected chi connectivity index (χ3v) is 5.40. The summed E-state index contributed by atoms with van der Waals surface area (Å²) >= 11 is 12.0. The van der Waals surface area contributed by atoms with Gasteiger partial charge >= 0.3 is 0 Å². The number of anilines is 1. The summed E-state index contributed by atoms with van der Waals surface area (Å²) < 4.78 is 5.29. The van der Waals surface area contributed by atoms with Gasteiger partial charge in [-0.05, 0) is 36.8 Å². The normalized spacial score (nSPS) is 16.0. The highest BCUT2D eigenvalue weighted by Gasteiger charge is 2.37. The third kappa shape index (κ3) is 5.55. The summed E-state index contributed by atoms with van der Waals surface area (Å²) in [6.45, 7) is 2.85. The number of halogens is 2. The molecule has 1 aromatic carbocycles. The predicted octanol–water partition coefficient (Wildman–Crippen LogP) is 3.81. The summed E-state index contributed by atoms with van der Waals surface area (Å²) in [5, 5.41) is 3.49. The van der Waals surface area contributed by atoms with Crippen LogP contribution in [-0.2, 0) is 20.9 Å². The van der Waals surface area contributed by atoms with Crippen molar-refractivity contribution in [3.63, 3.8) is 0 Å². The molecule has 0 saturated carbocycles. The Labute approximate surface area is 184 Å². The summed E-state index contributed by atoms with van der Waals surface area (Å²) in [5.41, 5.74) is 0.388. The second-order valence-electron chi connectivity index (χ2n) is 7.19. The van der Waals surface area contributed by atoms with E-state index in [1.165, 1.54) is 4.90 Å². The standard InChI is InChI=1S/C21H23Cl2N3O4/c1-2-7-25(13-19(27)24-18-10-15(22)5-6-17(18)23)21(29)14-9-20(28)26(11-14)12-16-4-3-8-30-16/h3-6,8,10,14H,2,7,9,11-13H2,1H3,(H,24,27). The Morgan fingerprint density at radius 3 is 2.80 bits per heavy atom. The molecule has 1 fully saturated rings. The van der Waals surface area contributed by atoms with E-state index in [4.69, 9.17) is 27.6 Å². The Bertz CT molecular complexity index is 917. The minimum Gasteiger partial charge on any atom is -0.467 e. The van der Waals surface area contributed by atoms with E-state index in [0.717, 1.165) is 0 Å². The number of hydrogen-bond acceptors (Lipinski definition) is 4. The number of benzene rings is 1. The number of amides is 3. The molecular weight excluding hydrogens is 429 g/mol. The third-order valence-electron chi connectivity index (χ3n) is 4.83. The van der Waals surface area contributed by atoms with Crippen molar-refractivity contribution in [2.75, 3.05) is 25.0 Å². The summed E-state index contributed by atoms with van der Waals surface area (Å²) in [4.78, 5) is 41.0. The summed E-state index contributed by atoms with van der Waals surface area (Å²) in [6.07, 6.45) is 2.36. The Hall–Kier alpha value is -2.51. The number of likely N-dealkylation sites (tertiary alicyclic amines) is 1. The van der Waals surface area contributed by atoms with Gasteiger partial charge in [-0.15, -0.1) is 0 Å². The molecule has 3 amide bonds. The van der Waals surface area contributed by atoms with Crippen molar-refractivity contribution in [1.82, 2.24) is 9.80 Å². The smallest absolute Gasteiger partial charge is 0.244 e. The van der Waals surface area contributed by atoms with Gasteiger partial charge in [0.1, 0.15) is 5.76 Å². The zero-order valence-electron chi connectivity index (χ0n) is 16.6. The van der Waals surface area contributed by atoms with E-state index in [0.29, 0.717) is 47.5 Å². The topological polar surface area (TPSA) is 82.9 Å². The van der Waals surface area contributed by atoms with Crippen LogP contribution in [0.1, 0.15) is 25.5 Å². The van der Waals surface area contributed by atoms with E-state index in [1.54, 1.807) is 41.5 Å². The van der Waals surface area contributed by atoms with E-state index >= 15 is 0 Å². The molecule has 2 heterocycles. The average Bonchev–Trinajstić information content (AvgIpc) is 3.34. The van der Waals surface area contributed by atoms with Crippen molar-refractivity contribution in [3.8, 4) is 0 Å². The number of furan rings is 1. The fraction of sp³-hybridized carbons (Fsp3) is 0.381. The van der Waals surface area contributed by atoms with E-state index in [2.05, 4.69) is 5.32 Å². The van der Waals surface area contributed by atoms with Crippen LogP contribution in [0, 0.1) is 5.92 Å². The van der Waals surface area contributed by atoms with E-state index in [9.17, 15) is 14.4 Å². The molecule has 1 aliphatic heterocycles. The van der Waals surface area contributed by atoms with Crippen molar-refractivity contribution < 1.29 is 18.8 Å². The van der Waals surface area contributed by atoms with E-state index < -0.39 is 5.92 Å². The van der Waals surface area contributed by atoms with Crippen LogP contribution in [0.25, 0.3) is 0 Å². The number of rotatable bonds is 8. The molecule has 7 nitrogen and oxygen atoms in total. The maximum absolute atomic E-state index is 13.0. The Morgan fingerprint density at radius 1 is 1.30 bits per heavy atom. The van der Waals surface area contributed by atoms with Crippen LogP contribution < -0.4 is 5.32 Å². The van der Waals surface area contributed by atoms with Crippen molar-refractivity contribution >= 4 is 46.6 Å². The Balaban J connectivity index is 1.62. The molecular formula is C21H23Cl2N3O4. The second kappa shape index (κ2) is 10.00. The predicted molar refractivity (Wildman–Crippen MR) is 114 cm³/mol. The van der Waals surface area contributed by atoms with E-state index in [-0.39, 0.29) is 30.7 Å². The van der Waals surface area contributed by atoms with Crippen molar-refractivity contribution in [3.05, 3.63) is 52.4 Å². The first-order valence-electron chi connectivity index (χ1n) is 9.71. The zero-order valence-corrected chi connectivity index (χ0v) is 18.1. The maximum Gasteiger partial charge on any atom is 0.244 e. The van der Waals surface area contributed by atoms with Crippen LogP contribution in [0.5, 0.6) is 0 Å². The molecule has 9 heteroatoms. The number of carbonyl (C=O) groups is 3. The lowest BCUT2D eigenvalue weighted by Crippen LogP contribution is -2.42. The number of carbonyl (C=O) groups excluding carboxylic acids is 3. The molecule has 1 unspecified atom stereocenters. The molecule has 1 atom stereocenters. The fourth-order valence-electron chi connectivity index (χ4n) is 3.43. The monoisotopic (exact) mass is 451 g/mol. The van der Waals surface area contributed by atoms with Gasteiger partial charge in [0.15, 0.2) is 0 Å². The van der Waals surface area contributed by atoms with Crippen LogP contribution in [0.15, 0.2) is 41.0 Å². The second-order valence-corrected chi connectivity index (χ2v) is 8.03. The average molecular weight is 452 g/mol. The van der Waals surface area contributed by atoms with Crippen LogP contribution in [-0.4, -0.2) is 47.2 Å². The highest BCUT2D eigenvalue weighted by atomic mass is 35.5. The molecule has 0 spiro atoms. The van der Waals surface area contributed by atoms with Gasteiger partial charge in [0.2, 0.25) is 17.7 Å². The molecule has 2 aromatic rings. The fourth-order valence-corrected chi connectivity index (χ4v) is 3.77. The molecule has 160 valence electrons. The lowest BCUT2D eigenvalue weighted by molar-refractivity contribution is -0.138.